The van der Waals surface area contributed by atoms with Gasteiger partial charge in [0.15, 0.2) is 23.3 Å². The third kappa shape index (κ3) is 2.09. The average Bonchev–Trinajstić information content (AvgIpc) is 2.44. The van der Waals surface area contributed by atoms with E-state index in [0.717, 1.165) is 12.1 Å². The molecule has 0 saturated carbocycles. The summed E-state index contributed by atoms with van der Waals surface area (Å²) in [5.74, 6) is -10.0. The minimum absolute atomic E-state index is 0.210. The van der Waals surface area contributed by atoms with Crippen LogP contribution in [-0.2, 0) is 0 Å². The zero-order valence-corrected chi connectivity index (χ0v) is 9.18. The van der Waals surface area contributed by atoms with Crippen molar-refractivity contribution >= 4 is 6.29 Å². The molecule has 2 aromatic rings. The second kappa shape index (κ2) is 4.79. The van der Waals surface area contributed by atoms with Crippen molar-refractivity contribution in [3.05, 3.63) is 58.9 Å². The molecule has 0 aliphatic rings. The first-order valence-corrected chi connectivity index (χ1v) is 5.04. The molecule has 98 valence electrons. The predicted molar refractivity (Wildman–Crippen MR) is 57.1 cm³/mol. The van der Waals surface area contributed by atoms with Crippen molar-refractivity contribution in [1.82, 2.24) is 0 Å². The fourth-order valence-corrected chi connectivity index (χ4v) is 1.59. The molecule has 1 nitrogen and oxygen atoms in total. The molecule has 2 aromatic carbocycles. The van der Waals surface area contributed by atoms with Crippen molar-refractivity contribution < 1.29 is 26.7 Å². The van der Waals surface area contributed by atoms with Gasteiger partial charge in [0.05, 0.1) is 5.56 Å². The highest BCUT2D eigenvalue weighted by Crippen LogP contribution is 2.31. The van der Waals surface area contributed by atoms with Crippen molar-refractivity contribution in [1.29, 1.82) is 0 Å². The fourth-order valence-electron chi connectivity index (χ4n) is 1.59. The van der Waals surface area contributed by atoms with E-state index in [0.29, 0.717) is 6.29 Å². The summed E-state index contributed by atoms with van der Waals surface area (Å²) in [4.78, 5) is 10.4. The molecular weight excluding hydrogens is 267 g/mol. The van der Waals surface area contributed by atoms with E-state index in [9.17, 15) is 26.7 Å². The van der Waals surface area contributed by atoms with Crippen LogP contribution in [0.25, 0.3) is 11.1 Å². The Labute approximate surface area is 104 Å². The molecule has 19 heavy (non-hydrogen) atoms. The van der Waals surface area contributed by atoms with Gasteiger partial charge in [-0.05, 0) is 5.56 Å². The number of hydrogen-bond acceptors (Lipinski definition) is 1. The van der Waals surface area contributed by atoms with Crippen molar-refractivity contribution in [3.63, 3.8) is 0 Å². The zero-order valence-electron chi connectivity index (χ0n) is 9.18. The van der Waals surface area contributed by atoms with Crippen LogP contribution in [0.5, 0.6) is 0 Å². The Balaban J connectivity index is 2.71. The molecule has 6 heteroatoms. The van der Waals surface area contributed by atoms with E-state index in [1.54, 1.807) is 0 Å². The summed E-state index contributed by atoms with van der Waals surface area (Å²) in [6.45, 7) is 0. The highest BCUT2D eigenvalue weighted by atomic mass is 19.2. The van der Waals surface area contributed by atoms with E-state index in [1.807, 2.05) is 0 Å². The van der Waals surface area contributed by atoms with Crippen LogP contribution in [-0.4, -0.2) is 6.29 Å². The lowest BCUT2D eigenvalue weighted by Crippen LogP contribution is -2.04. The number of carbonyl (C=O) groups excluding carboxylic acids is 1. The van der Waals surface area contributed by atoms with E-state index < -0.39 is 34.6 Å². The SMILES string of the molecule is O=Cc1ccc(-c2c(F)c(F)c(F)c(F)c2F)cc1. The van der Waals surface area contributed by atoms with E-state index in [-0.39, 0.29) is 11.1 Å². The van der Waals surface area contributed by atoms with Crippen molar-refractivity contribution in [2.75, 3.05) is 0 Å². The molecule has 0 saturated heterocycles. The summed E-state index contributed by atoms with van der Waals surface area (Å²) in [7, 11) is 0. The molecule has 0 aliphatic heterocycles. The van der Waals surface area contributed by atoms with Gasteiger partial charge in [0.2, 0.25) is 5.82 Å². The summed E-state index contributed by atoms with van der Waals surface area (Å²) in [6, 6.07) is 4.62. The van der Waals surface area contributed by atoms with Crippen LogP contribution in [0.3, 0.4) is 0 Å². The minimum atomic E-state index is -2.21. The summed E-state index contributed by atoms with van der Waals surface area (Å²) >= 11 is 0. The van der Waals surface area contributed by atoms with Gasteiger partial charge >= 0.3 is 0 Å². The van der Waals surface area contributed by atoms with Gasteiger partial charge < -0.3 is 0 Å². The maximum Gasteiger partial charge on any atom is 0.200 e. The molecular formula is C13H5F5O. The summed E-state index contributed by atoms with van der Waals surface area (Å²) in [5.41, 5.74) is -1.01. The maximum absolute atomic E-state index is 13.5. The predicted octanol–water partition coefficient (Wildman–Crippen LogP) is 3.86. The van der Waals surface area contributed by atoms with Crippen molar-refractivity contribution in [3.8, 4) is 11.1 Å². The van der Waals surface area contributed by atoms with Gasteiger partial charge in [0, 0.05) is 5.56 Å². The van der Waals surface area contributed by atoms with Crippen LogP contribution < -0.4 is 0 Å². The molecule has 0 amide bonds. The molecule has 2 rings (SSSR count). The van der Waals surface area contributed by atoms with Gasteiger partial charge in [-0.3, -0.25) is 4.79 Å². The quantitative estimate of drug-likeness (QED) is 0.351. The molecule has 0 atom stereocenters. The molecule has 0 unspecified atom stereocenters. The Kier molecular flexibility index (Phi) is 3.33. The van der Waals surface area contributed by atoms with Gasteiger partial charge in [-0.15, -0.1) is 0 Å². The molecule has 0 bridgehead atoms. The minimum Gasteiger partial charge on any atom is -0.298 e. The molecule has 0 fully saturated rings. The molecule has 0 N–H and O–H groups in total. The average molecular weight is 272 g/mol. The maximum atomic E-state index is 13.5. The van der Waals surface area contributed by atoms with E-state index in [1.165, 1.54) is 12.1 Å². The van der Waals surface area contributed by atoms with Gasteiger partial charge in [-0.2, -0.15) is 0 Å². The standard InChI is InChI=1S/C13H5F5O/c14-9-8(7-3-1-6(5-19)2-4-7)10(15)12(17)13(18)11(9)16/h1-5H. The Morgan fingerprint density at radius 1 is 0.684 bits per heavy atom. The largest absolute Gasteiger partial charge is 0.298 e. The Hall–Kier alpha value is -2.24. The second-order valence-electron chi connectivity index (χ2n) is 3.68. The van der Waals surface area contributed by atoms with Crippen LogP contribution >= 0.6 is 0 Å². The summed E-state index contributed by atoms with van der Waals surface area (Å²) < 4.78 is 65.9. The molecule has 0 aliphatic carbocycles. The zero-order chi connectivity index (χ0) is 14.2. The van der Waals surface area contributed by atoms with Crippen LogP contribution in [0.4, 0.5) is 22.0 Å². The van der Waals surface area contributed by atoms with Crippen LogP contribution in [0.2, 0.25) is 0 Å². The van der Waals surface area contributed by atoms with Gasteiger partial charge in [0.1, 0.15) is 6.29 Å². The number of rotatable bonds is 2. The lowest BCUT2D eigenvalue weighted by molar-refractivity contribution is 0.112. The first-order chi connectivity index (χ1) is 8.97. The highest BCUT2D eigenvalue weighted by molar-refractivity contribution is 5.77. The monoisotopic (exact) mass is 272 g/mol. The number of aldehydes is 1. The second-order valence-corrected chi connectivity index (χ2v) is 3.68. The first-order valence-electron chi connectivity index (χ1n) is 5.04. The number of benzene rings is 2. The molecule has 0 aromatic heterocycles. The van der Waals surface area contributed by atoms with Crippen LogP contribution in [0.15, 0.2) is 24.3 Å². The highest BCUT2D eigenvalue weighted by Gasteiger charge is 2.26. The Bertz CT molecular complexity index is 620. The van der Waals surface area contributed by atoms with E-state index >= 15 is 0 Å². The lowest BCUT2D eigenvalue weighted by Gasteiger charge is -2.08. The van der Waals surface area contributed by atoms with E-state index in [2.05, 4.69) is 0 Å². The van der Waals surface area contributed by atoms with Crippen molar-refractivity contribution in [2.45, 2.75) is 0 Å². The first kappa shape index (κ1) is 13.2. The van der Waals surface area contributed by atoms with Gasteiger partial charge in [-0.25, -0.2) is 22.0 Å². The topological polar surface area (TPSA) is 17.1 Å². The third-order valence-electron chi connectivity index (χ3n) is 2.55. The molecule has 0 radical (unpaired) electrons. The van der Waals surface area contributed by atoms with E-state index in [4.69, 9.17) is 0 Å². The Morgan fingerprint density at radius 2 is 1.11 bits per heavy atom. The molecule has 0 heterocycles. The summed E-state index contributed by atoms with van der Waals surface area (Å²) in [5, 5.41) is 0. The fraction of sp³-hybridized carbons (Fsp3) is 0. The third-order valence-corrected chi connectivity index (χ3v) is 2.55. The lowest BCUT2D eigenvalue weighted by atomic mass is 10.0. The normalized spacial score (nSPS) is 10.6. The summed E-state index contributed by atoms with van der Waals surface area (Å²) in [6.07, 6.45) is 0.488. The smallest absolute Gasteiger partial charge is 0.200 e. The van der Waals surface area contributed by atoms with Crippen molar-refractivity contribution in [2.24, 2.45) is 0 Å². The van der Waals surface area contributed by atoms with Gasteiger partial charge in [-0.1, -0.05) is 24.3 Å². The van der Waals surface area contributed by atoms with Crippen LogP contribution in [0.1, 0.15) is 10.4 Å². The van der Waals surface area contributed by atoms with Gasteiger partial charge in [0.25, 0.3) is 0 Å². The number of hydrogen-bond donors (Lipinski definition) is 0. The Morgan fingerprint density at radius 3 is 1.53 bits per heavy atom. The molecule has 0 spiro atoms. The van der Waals surface area contributed by atoms with Crippen LogP contribution in [0, 0.1) is 29.1 Å². The number of halogens is 5. The number of carbonyl (C=O) groups is 1.